The van der Waals surface area contributed by atoms with Crippen LogP contribution in [0.15, 0.2) is 67.0 Å². The van der Waals surface area contributed by atoms with Crippen molar-refractivity contribution in [3.63, 3.8) is 0 Å². The molecule has 1 aliphatic heterocycles. The average molecular weight is 443 g/mol. The topological polar surface area (TPSA) is 58.1 Å². The monoisotopic (exact) mass is 442 g/mol. The molecule has 1 fully saturated rings. The molecule has 0 saturated carbocycles. The molecule has 0 aliphatic carbocycles. The highest BCUT2D eigenvalue weighted by molar-refractivity contribution is 5.83. The van der Waals surface area contributed by atoms with Crippen molar-refractivity contribution in [1.29, 1.82) is 0 Å². The molecule has 2 aromatic heterocycles. The van der Waals surface area contributed by atoms with E-state index in [1.807, 2.05) is 51.4 Å². The van der Waals surface area contributed by atoms with E-state index < -0.39 is 5.41 Å². The summed E-state index contributed by atoms with van der Waals surface area (Å²) in [5.74, 6) is 0.164. The van der Waals surface area contributed by atoms with Gasteiger partial charge in [-0.05, 0) is 87.5 Å². The minimum atomic E-state index is -0.440. The molecule has 1 saturated heterocycles. The Balaban J connectivity index is 1.55. The first-order valence-electron chi connectivity index (χ1n) is 11.9. The second kappa shape index (κ2) is 10.3. The molecule has 1 aliphatic rings. The molecule has 0 unspecified atom stereocenters. The molecule has 0 bridgehead atoms. The number of carbonyl (C=O) groups excluding carboxylic acids is 1. The third kappa shape index (κ3) is 5.85. The number of hydrogen-bond acceptors (Lipinski definition) is 4. The number of nitrogens with zero attached hydrogens (tertiary/aromatic N) is 3. The summed E-state index contributed by atoms with van der Waals surface area (Å²) in [6.45, 7) is 8.61. The van der Waals surface area contributed by atoms with Gasteiger partial charge in [0.05, 0.1) is 11.1 Å². The van der Waals surface area contributed by atoms with E-state index in [4.69, 9.17) is 0 Å². The molecule has 172 valence electrons. The maximum Gasteiger partial charge on any atom is 0.228 e. The Hall–Kier alpha value is -3.05. The molecule has 3 aromatic rings. The number of carbonyl (C=O) groups is 1. The van der Waals surface area contributed by atoms with E-state index in [2.05, 4.69) is 56.6 Å². The lowest BCUT2D eigenvalue weighted by atomic mass is 9.74. The molecular formula is C28H34N4O. The zero-order valence-electron chi connectivity index (χ0n) is 19.9. The lowest BCUT2D eigenvalue weighted by molar-refractivity contribution is -0.135. The van der Waals surface area contributed by atoms with Crippen LogP contribution in [-0.4, -0.2) is 39.9 Å². The van der Waals surface area contributed by atoms with Crippen molar-refractivity contribution in [3.8, 4) is 11.1 Å². The first-order chi connectivity index (χ1) is 15.9. The third-order valence-corrected chi connectivity index (χ3v) is 6.40. The van der Waals surface area contributed by atoms with Crippen LogP contribution in [0.1, 0.15) is 43.6 Å². The van der Waals surface area contributed by atoms with Crippen LogP contribution in [0.5, 0.6) is 0 Å². The number of pyridine rings is 2. The number of aromatic nitrogens is 2. The SMILES string of the molecule is Cc1cccc(CN2CCC[C@@](Cc3ccc(-c4ccncc4)cc3)(C(=O)NC(C)C)C2)n1. The highest BCUT2D eigenvalue weighted by Gasteiger charge is 2.42. The lowest BCUT2D eigenvalue weighted by Crippen LogP contribution is -2.54. The molecule has 1 atom stereocenters. The fourth-order valence-electron chi connectivity index (χ4n) is 4.85. The Labute approximate surface area is 197 Å². The van der Waals surface area contributed by atoms with Gasteiger partial charge in [-0.25, -0.2) is 0 Å². The minimum absolute atomic E-state index is 0.122. The molecule has 3 heterocycles. The number of hydrogen-bond donors (Lipinski definition) is 1. The minimum Gasteiger partial charge on any atom is -0.353 e. The molecule has 0 radical (unpaired) electrons. The lowest BCUT2D eigenvalue weighted by Gasteiger charge is -2.42. The van der Waals surface area contributed by atoms with Crippen molar-refractivity contribution < 1.29 is 4.79 Å². The van der Waals surface area contributed by atoms with E-state index in [0.717, 1.165) is 61.4 Å². The predicted octanol–water partition coefficient (Wildman–Crippen LogP) is 4.80. The number of amides is 1. The van der Waals surface area contributed by atoms with Crippen LogP contribution < -0.4 is 5.32 Å². The van der Waals surface area contributed by atoms with E-state index in [9.17, 15) is 4.79 Å². The molecule has 1 N–H and O–H groups in total. The number of nitrogens with one attached hydrogen (secondary N) is 1. The molecular weight excluding hydrogens is 408 g/mol. The van der Waals surface area contributed by atoms with Crippen LogP contribution in [0.4, 0.5) is 0 Å². The van der Waals surface area contributed by atoms with Gasteiger partial charge in [-0.2, -0.15) is 0 Å². The van der Waals surface area contributed by atoms with Gasteiger partial charge in [0.25, 0.3) is 0 Å². The second-order valence-electron chi connectivity index (χ2n) is 9.60. The zero-order chi connectivity index (χ0) is 23.3. The summed E-state index contributed by atoms with van der Waals surface area (Å²) in [5.41, 5.74) is 5.17. The van der Waals surface area contributed by atoms with E-state index in [0.29, 0.717) is 0 Å². The molecule has 4 rings (SSSR count). The summed E-state index contributed by atoms with van der Waals surface area (Å²) in [5, 5.41) is 3.22. The Bertz CT molecular complexity index is 1060. The Kier molecular flexibility index (Phi) is 7.19. The van der Waals surface area contributed by atoms with Crippen LogP contribution in [0.3, 0.4) is 0 Å². The van der Waals surface area contributed by atoms with E-state index >= 15 is 0 Å². The van der Waals surface area contributed by atoms with Crippen LogP contribution in [0.2, 0.25) is 0 Å². The number of benzene rings is 1. The third-order valence-electron chi connectivity index (χ3n) is 6.40. The van der Waals surface area contributed by atoms with Crippen LogP contribution >= 0.6 is 0 Å². The Morgan fingerprint density at radius 2 is 1.79 bits per heavy atom. The average Bonchev–Trinajstić information content (AvgIpc) is 2.80. The highest BCUT2D eigenvalue weighted by Crippen LogP contribution is 2.35. The molecule has 5 nitrogen and oxygen atoms in total. The van der Waals surface area contributed by atoms with Gasteiger partial charge in [0.1, 0.15) is 0 Å². The molecule has 33 heavy (non-hydrogen) atoms. The standard InChI is InChI=1S/C28H34N4O/c1-21(2)30-27(33)28(14-5-17-32(20-28)19-26-7-4-6-22(3)31-26)18-23-8-10-24(11-9-23)25-12-15-29-16-13-25/h4,6-13,15-16,21H,5,14,17-20H2,1-3H3,(H,30,33)/t28-/m0/s1. The molecule has 5 heteroatoms. The maximum absolute atomic E-state index is 13.5. The number of rotatable bonds is 7. The number of likely N-dealkylation sites (tertiary alicyclic amines) is 1. The van der Waals surface area contributed by atoms with Crippen molar-refractivity contribution in [2.75, 3.05) is 13.1 Å². The van der Waals surface area contributed by atoms with Crippen molar-refractivity contribution in [3.05, 3.63) is 83.9 Å². The number of aryl methyl sites for hydroxylation is 1. The van der Waals surface area contributed by atoms with Gasteiger partial charge in [0, 0.05) is 37.2 Å². The molecule has 1 amide bonds. The molecule has 1 aromatic carbocycles. The van der Waals surface area contributed by atoms with Gasteiger partial charge < -0.3 is 5.32 Å². The van der Waals surface area contributed by atoms with Crippen LogP contribution in [-0.2, 0) is 17.8 Å². The smallest absolute Gasteiger partial charge is 0.228 e. The molecule has 0 spiro atoms. The quantitative estimate of drug-likeness (QED) is 0.571. The predicted molar refractivity (Wildman–Crippen MR) is 133 cm³/mol. The summed E-state index contributed by atoms with van der Waals surface area (Å²) in [6, 6.07) is 19.0. The maximum atomic E-state index is 13.5. The highest BCUT2D eigenvalue weighted by atomic mass is 16.2. The normalized spacial score (nSPS) is 18.9. The largest absolute Gasteiger partial charge is 0.353 e. The van der Waals surface area contributed by atoms with Gasteiger partial charge in [0.2, 0.25) is 5.91 Å². The summed E-state index contributed by atoms with van der Waals surface area (Å²) in [7, 11) is 0. The number of piperidine rings is 1. The first-order valence-corrected chi connectivity index (χ1v) is 11.9. The van der Waals surface area contributed by atoms with E-state index in [1.165, 1.54) is 5.56 Å². The van der Waals surface area contributed by atoms with E-state index in [-0.39, 0.29) is 11.9 Å². The van der Waals surface area contributed by atoms with Gasteiger partial charge in [-0.3, -0.25) is 19.7 Å². The van der Waals surface area contributed by atoms with Gasteiger partial charge >= 0.3 is 0 Å². The van der Waals surface area contributed by atoms with Crippen molar-refractivity contribution in [2.24, 2.45) is 5.41 Å². The summed E-state index contributed by atoms with van der Waals surface area (Å²) >= 11 is 0. The first kappa shape index (κ1) is 23.1. The summed E-state index contributed by atoms with van der Waals surface area (Å²) in [6.07, 6.45) is 6.27. The van der Waals surface area contributed by atoms with Crippen molar-refractivity contribution >= 4 is 5.91 Å². The second-order valence-corrected chi connectivity index (χ2v) is 9.60. The van der Waals surface area contributed by atoms with Gasteiger partial charge in [-0.1, -0.05) is 30.3 Å². The summed E-state index contributed by atoms with van der Waals surface area (Å²) < 4.78 is 0. The van der Waals surface area contributed by atoms with Crippen molar-refractivity contribution in [2.45, 2.75) is 52.6 Å². The fourth-order valence-corrected chi connectivity index (χ4v) is 4.85. The zero-order valence-corrected chi connectivity index (χ0v) is 19.9. The van der Waals surface area contributed by atoms with Gasteiger partial charge in [-0.15, -0.1) is 0 Å². The summed E-state index contributed by atoms with van der Waals surface area (Å²) in [4.78, 5) is 24.7. The van der Waals surface area contributed by atoms with Crippen LogP contribution in [0, 0.1) is 12.3 Å². The fraction of sp³-hybridized carbons (Fsp3) is 0.393. The Morgan fingerprint density at radius 3 is 2.48 bits per heavy atom. The van der Waals surface area contributed by atoms with Gasteiger partial charge in [0.15, 0.2) is 0 Å². The Morgan fingerprint density at radius 1 is 1.06 bits per heavy atom. The van der Waals surface area contributed by atoms with Crippen LogP contribution in [0.25, 0.3) is 11.1 Å². The van der Waals surface area contributed by atoms with Crippen molar-refractivity contribution in [1.82, 2.24) is 20.2 Å². The van der Waals surface area contributed by atoms with E-state index in [1.54, 1.807) is 0 Å².